The maximum atomic E-state index is 11.1. The SMILES string of the molecule is Cn1ncc2ccc(C#Cc3ccc(OC4NNNC4C(=O)O)cc3)cc21. The first kappa shape index (κ1) is 17.1. The normalized spacial score (nSPS) is 18.9. The number of benzene rings is 2. The highest BCUT2D eigenvalue weighted by Gasteiger charge is 2.34. The molecule has 0 amide bonds. The fraction of sp³-hybridized carbons (Fsp3) is 0.158. The predicted octanol–water partition coefficient (Wildman–Crippen LogP) is 0.744. The number of carbonyl (C=O) groups is 1. The fourth-order valence-electron chi connectivity index (χ4n) is 2.77. The van der Waals surface area contributed by atoms with Crippen LogP contribution in [-0.4, -0.2) is 33.1 Å². The molecule has 1 aromatic heterocycles. The van der Waals surface area contributed by atoms with E-state index < -0.39 is 18.2 Å². The number of ether oxygens (including phenoxy) is 1. The van der Waals surface area contributed by atoms with Crippen LogP contribution in [-0.2, 0) is 11.8 Å². The molecule has 136 valence electrons. The Balaban J connectivity index is 1.47. The maximum Gasteiger partial charge on any atom is 0.327 e. The van der Waals surface area contributed by atoms with Gasteiger partial charge < -0.3 is 9.84 Å². The highest BCUT2D eigenvalue weighted by atomic mass is 16.5. The van der Waals surface area contributed by atoms with Gasteiger partial charge in [-0.25, -0.2) is 10.9 Å². The van der Waals surface area contributed by atoms with Crippen molar-refractivity contribution in [2.45, 2.75) is 12.3 Å². The molecule has 0 aliphatic carbocycles. The minimum Gasteiger partial charge on any atom is -0.480 e. The van der Waals surface area contributed by atoms with Gasteiger partial charge in [-0.2, -0.15) is 10.6 Å². The molecule has 0 bridgehead atoms. The molecule has 2 heterocycles. The van der Waals surface area contributed by atoms with Crippen LogP contribution in [0.2, 0.25) is 0 Å². The van der Waals surface area contributed by atoms with Crippen molar-refractivity contribution >= 4 is 16.9 Å². The van der Waals surface area contributed by atoms with E-state index in [0.29, 0.717) is 5.75 Å². The van der Waals surface area contributed by atoms with Crippen LogP contribution < -0.4 is 21.1 Å². The molecule has 1 aliphatic rings. The van der Waals surface area contributed by atoms with E-state index in [4.69, 9.17) is 9.84 Å². The first-order chi connectivity index (χ1) is 13.1. The van der Waals surface area contributed by atoms with Gasteiger partial charge in [-0.05, 0) is 42.5 Å². The van der Waals surface area contributed by atoms with Gasteiger partial charge in [0.25, 0.3) is 0 Å². The Hall–Kier alpha value is -3.38. The van der Waals surface area contributed by atoms with Crippen LogP contribution in [0.15, 0.2) is 48.7 Å². The van der Waals surface area contributed by atoms with Gasteiger partial charge in [-0.1, -0.05) is 11.8 Å². The maximum absolute atomic E-state index is 11.1. The molecule has 4 rings (SSSR count). The highest BCUT2D eigenvalue weighted by Crippen LogP contribution is 2.16. The molecule has 1 fully saturated rings. The number of nitrogens with one attached hydrogen (secondary N) is 3. The highest BCUT2D eigenvalue weighted by molar-refractivity contribution is 5.80. The minimum atomic E-state index is -1.01. The smallest absolute Gasteiger partial charge is 0.327 e. The zero-order valence-corrected chi connectivity index (χ0v) is 14.4. The van der Waals surface area contributed by atoms with Crippen molar-refractivity contribution in [3.63, 3.8) is 0 Å². The summed E-state index contributed by atoms with van der Waals surface area (Å²) in [5.41, 5.74) is 10.6. The summed E-state index contributed by atoms with van der Waals surface area (Å²) in [5, 5.41) is 14.4. The lowest BCUT2D eigenvalue weighted by molar-refractivity contribution is -0.141. The molecule has 4 N–H and O–H groups in total. The van der Waals surface area contributed by atoms with Gasteiger partial charge in [-0.15, -0.1) is 0 Å². The summed E-state index contributed by atoms with van der Waals surface area (Å²) in [7, 11) is 1.90. The van der Waals surface area contributed by atoms with E-state index in [2.05, 4.69) is 33.3 Å². The Labute approximate surface area is 155 Å². The van der Waals surface area contributed by atoms with E-state index in [1.807, 2.05) is 48.3 Å². The molecule has 2 unspecified atom stereocenters. The third-order valence-corrected chi connectivity index (χ3v) is 4.23. The van der Waals surface area contributed by atoms with E-state index in [1.54, 1.807) is 12.1 Å². The minimum absolute atomic E-state index is 0.547. The Bertz CT molecular complexity index is 1050. The number of rotatable bonds is 3. The third kappa shape index (κ3) is 3.61. The first-order valence-corrected chi connectivity index (χ1v) is 8.29. The number of fused-ring (bicyclic) bond motifs is 1. The number of carboxylic acids is 1. The fourth-order valence-corrected chi connectivity index (χ4v) is 2.77. The molecular weight excluding hydrogens is 346 g/mol. The van der Waals surface area contributed by atoms with E-state index in [9.17, 15) is 4.79 Å². The van der Waals surface area contributed by atoms with Gasteiger partial charge in [0, 0.05) is 23.6 Å². The summed E-state index contributed by atoms with van der Waals surface area (Å²) in [6.07, 6.45) is 1.11. The van der Waals surface area contributed by atoms with Crippen LogP contribution in [0, 0.1) is 11.8 Å². The van der Waals surface area contributed by atoms with E-state index in [0.717, 1.165) is 22.0 Å². The molecule has 0 saturated carbocycles. The van der Waals surface area contributed by atoms with Crippen LogP contribution in [0.4, 0.5) is 0 Å². The summed E-state index contributed by atoms with van der Waals surface area (Å²) in [6.45, 7) is 0. The number of hydrazine groups is 2. The molecular formula is C19H17N5O3. The second-order valence-corrected chi connectivity index (χ2v) is 6.08. The summed E-state index contributed by atoms with van der Waals surface area (Å²) in [5.74, 6) is 5.80. The van der Waals surface area contributed by atoms with Crippen molar-refractivity contribution in [2.75, 3.05) is 0 Å². The van der Waals surface area contributed by atoms with Gasteiger partial charge in [0.15, 0.2) is 12.3 Å². The largest absolute Gasteiger partial charge is 0.480 e. The van der Waals surface area contributed by atoms with Gasteiger partial charge >= 0.3 is 5.97 Å². The standard InChI is InChI=1S/C19H17N5O3/c1-24-16-10-13(4-7-14(16)11-20-24)3-2-12-5-8-15(9-6-12)27-18-17(19(25)26)21-23-22-18/h4-11,17-18,21-23H,1H3,(H,25,26). The van der Waals surface area contributed by atoms with Gasteiger partial charge in [0.05, 0.1) is 11.7 Å². The predicted molar refractivity (Wildman–Crippen MR) is 98.4 cm³/mol. The van der Waals surface area contributed by atoms with E-state index >= 15 is 0 Å². The van der Waals surface area contributed by atoms with Crippen molar-refractivity contribution < 1.29 is 14.6 Å². The van der Waals surface area contributed by atoms with Crippen LogP contribution in [0.25, 0.3) is 10.9 Å². The quantitative estimate of drug-likeness (QED) is 0.510. The molecule has 3 aromatic rings. The zero-order chi connectivity index (χ0) is 18.8. The summed E-state index contributed by atoms with van der Waals surface area (Å²) < 4.78 is 7.46. The lowest BCUT2D eigenvalue weighted by atomic mass is 10.1. The number of aryl methyl sites for hydroxylation is 1. The van der Waals surface area contributed by atoms with Crippen LogP contribution in [0.3, 0.4) is 0 Å². The molecule has 0 spiro atoms. The molecule has 8 heteroatoms. The van der Waals surface area contributed by atoms with Crippen molar-refractivity contribution in [2.24, 2.45) is 7.05 Å². The lowest BCUT2D eigenvalue weighted by Gasteiger charge is -2.16. The zero-order valence-electron chi connectivity index (χ0n) is 14.4. The number of nitrogens with zero attached hydrogens (tertiary/aromatic N) is 2. The number of carboxylic acid groups (broad SMARTS) is 1. The van der Waals surface area contributed by atoms with Gasteiger partial charge in [0.1, 0.15) is 5.75 Å². The lowest BCUT2D eigenvalue weighted by Crippen LogP contribution is -2.44. The van der Waals surface area contributed by atoms with Crippen molar-refractivity contribution in [3.8, 4) is 17.6 Å². The van der Waals surface area contributed by atoms with Gasteiger partial charge in [-0.3, -0.25) is 9.48 Å². The molecule has 0 radical (unpaired) electrons. The Morgan fingerprint density at radius 2 is 1.89 bits per heavy atom. The Morgan fingerprint density at radius 1 is 1.15 bits per heavy atom. The average molecular weight is 363 g/mol. The second-order valence-electron chi connectivity index (χ2n) is 6.08. The summed E-state index contributed by atoms with van der Waals surface area (Å²) in [6, 6.07) is 12.3. The van der Waals surface area contributed by atoms with Crippen molar-refractivity contribution in [1.82, 2.24) is 26.2 Å². The van der Waals surface area contributed by atoms with Crippen molar-refractivity contribution in [1.29, 1.82) is 0 Å². The molecule has 1 saturated heterocycles. The monoisotopic (exact) mass is 363 g/mol. The molecule has 27 heavy (non-hydrogen) atoms. The first-order valence-electron chi connectivity index (χ1n) is 8.29. The van der Waals surface area contributed by atoms with E-state index in [1.165, 1.54) is 0 Å². The topological polar surface area (TPSA) is 100 Å². The van der Waals surface area contributed by atoms with Crippen LogP contribution >= 0.6 is 0 Å². The molecule has 1 aliphatic heterocycles. The molecule has 8 nitrogen and oxygen atoms in total. The number of aliphatic carboxylic acids is 1. The number of hydrogen-bond donors (Lipinski definition) is 4. The van der Waals surface area contributed by atoms with Crippen LogP contribution in [0.1, 0.15) is 11.1 Å². The average Bonchev–Trinajstić information content (AvgIpc) is 3.28. The summed E-state index contributed by atoms with van der Waals surface area (Å²) >= 11 is 0. The van der Waals surface area contributed by atoms with E-state index in [-0.39, 0.29) is 0 Å². The summed E-state index contributed by atoms with van der Waals surface area (Å²) in [4.78, 5) is 11.1. The number of hydrogen-bond acceptors (Lipinski definition) is 6. The third-order valence-electron chi connectivity index (χ3n) is 4.23. The second kappa shape index (κ2) is 7.09. The van der Waals surface area contributed by atoms with Crippen LogP contribution in [0.5, 0.6) is 5.75 Å². The Morgan fingerprint density at radius 3 is 2.67 bits per heavy atom. The van der Waals surface area contributed by atoms with Crippen molar-refractivity contribution in [3.05, 3.63) is 59.8 Å². The Kier molecular flexibility index (Phi) is 4.48. The molecule has 2 aromatic carbocycles. The van der Waals surface area contributed by atoms with Gasteiger partial charge in [0.2, 0.25) is 0 Å². The molecule has 2 atom stereocenters. The number of aromatic nitrogens is 2.